The molecule has 0 spiro atoms. The highest BCUT2D eigenvalue weighted by Crippen LogP contribution is 2.02. The van der Waals surface area contributed by atoms with Gasteiger partial charge in [0.25, 0.3) is 0 Å². The molecule has 0 fully saturated rings. The van der Waals surface area contributed by atoms with Crippen LogP contribution < -0.4 is 11.1 Å². The highest BCUT2D eigenvalue weighted by Gasteiger charge is 2.23. The van der Waals surface area contributed by atoms with Crippen LogP contribution in [0.4, 0.5) is 4.79 Å². The van der Waals surface area contributed by atoms with Gasteiger partial charge in [0.1, 0.15) is 6.04 Å². The number of esters is 1. The Labute approximate surface area is 139 Å². The predicted molar refractivity (Wildman–Crippen MR) is 81.6 cm³/mol. The number of H-pyrrole nitrogens is 1. The molecule has 10 nitrogen and oxygen atoms in total. The van der Waals surface area contributed by atoms with Crippen LogP contribution in [-0.2, 0) is 30.2 Å². The summed E-state index contributed by atoms with van der Waals surface area (Å²) in [5.41, 5.74) is 5.94. The first kappa shape index (κ1) is 19.4. The van der Waals surface area contributed by atoms with Crippen molar-refractivity contribution < 1.29 is 28.6 Å². The molecule has 1 unspecified atom stereocenters. The molecule has 0 bridgehead atoms. The number of hydrogen-bond acceptors (Lipinski definition) is 8. The largest absolute Gasteiger partial charge is 0.511 e. The molecule has 0 saturated heterocycles. The monoisotopic (exact) mass is 342 g/mol. The molecule has 1 heterocycles. The van der Waals surface area contributed by atoms with Crippen LogP contribution in [0.25, 0.3) is 0 Å². The number of nitrogens with one attached hydrogen (secondary N) is 2. The van der Waals surface area contributed by atoms with Crippen molar-refractivity contribution in [3.8, 4) is 0 Å². The molecule has 4 N–H and O–H groups in total. The Bertz CT molecular complexity index is 531. The van der Waals surface area contributed by atoms with Crippen LogP contribution >= 0.6 is 0 Å². The van der Waals surface area contributed by atoms with E-state index in [9.17, 15) is 14.4 Å². The van der Waals surface area contributed by atoms with E-state index in [4.69, 9.17) is 15.2 Å². The summed E-state index contributed by atoms with van der Waals surface area (Å²) < 4.78 is 14.2. The van der Waals surface area contributed by atoms with Gasteiger partial charge in [0.2, 0.25) is 12.7 Å². The number of carbonyl (C=O) groups excluding carboxylic acids is 3. The van der Waals surface area contributed by atoms with Gasteiger partial charge in [-0.2, -0.15) is 0 Å². The van der Waals surface area contributed by atoms with E-state index < -0.39 is 25.0 Å². The molecule has 0 aliphatic heterocycles. The van der Waals surface area contributed by atoms with Crippen LogP contribution in [0, 0.1) is 0 Å². The molecule has 24 heavy (non-hydrogen) atoms. The van der Waals surface area contributed by atoms with Crippen molar-refractivity contribution in [2.24, 2.45) is 5.73 Å². The van der Waals surface area contributed by atoms with Crippen molar-refractivity contribution in [3.63, 3.8) is 0 Å². The maximum atomic E-state index is 12.1. The summed E-state index contributed by atoms with van der Waals surface area (Å²) in [6.45, 7) is 2.85. The number of carbonyl (C=O) groups is 3. The van der Waals surface area contributed by atoms with E-state index >= 15 is 0 Å². The number of ether oxygens (including phenoxy) is 3. The summed E-state index contributed by atoms with van der Waals surface area (Å²) in [5.74, 6) is -1.15. The summed E-state index contributed by atoms with van der Waals surface area (Å²) in [6.07, 6.45) is 1.89. The second-order valence-corrected chi connectivity index (χ2v) is 5.08. The normalized spacial score (nSPS) is 11.7. The highest BCUT2D eigenvalue weighted by molar-refractivity contribution is 5.84. The molecule has 1 rings (SSSR count). The van der Waals surface area contributed by atoms with Crippen molar-refractivity contribution in [2.45, 2.75) is 38.8 Å². The van der Waals surface area contributed by atoms with Crippen LogP contribution in [0.5, 0.6) is 0 Å². The van der Waals surface area contributed by atoms with Crippen LogP contribution in [0.15, 0.2) is 12.5 Å². The quantitative estimate of drug-likeness (QED) is 0.415. The predicted octanol–water partition coefficient (Wildman–Crippen LogP) is -0.152. The Hall–Kier alpha value is -2.62. The van der Waals surface area contributed by atoms with Crippen LogP contribution in [0.1, 0.15) is 26.0 Å². The molecule has 0 radical (unpaired) electrons. The smallest absolute Gasteiger partial charge is 0.431 e. The minimum atomic E-state index is -0.964. The summed E-state index contributed by atoms with van der Waals surface area (Å²) >= 11 is 0. The lowest BCUT2D eigenvalue weighted by atomic mass is 10.1. The molecule has 1 aromatic rings. The summed E-state index contributed by atoms with van der Waals surface area (Å²) in [6, 6.07) is -0.964. The van der Waals surface area contributed by atoms with E-state index in [1.807, 2.05) is 0 Å². The number of nitrogens with zero attached hydrogens (tertiary/aromatic N) is 1. The third-order valence-electron chi connectivity index (χ3n) is 2.68. The Morgan fingerprint density at radius 2 is 2.08 bits per heavy atom. The second kappa shape index (κ2) is 10.2. The molecule has 0 saturated carbocycles. The van der Waals surface area contributed by atoms with E-state index in [2.05, 4.69) is 20.0 Å². The van der Waals surface area contributed by atoms with Crippen LogP contribution in [0.3, 0.4) is 0 Å². The second-order valence-electron chi connectivity index (χ2n) is 5.08. The van der Waals surface area contributed by atoms with E-state index in [1.54, 1.807) is 13.8 Å². The van der Waals surface area contributed by atoms with Gasteiger partial charge in [-0.15, -0.1) is 0 Å². The maximum Gasteiger partial charge on any atom is 0.511 e. The van der Waals surface area contributed by atoms with E-state index in [1.165, 1.54) is 12.5 Å². The zero-order valence-electron chi connectivity index (χ0n) is 13.6. The zero-order chi connectivity index (χ0) is 17.9. The Balaban J connectivity index is 2.52. The molecular weight excluding hydrogens is 320 g/mol. The average molecular weight is 342 g/mol. The van der Waals surface area contributed by atoms with Crippen LogP contribution in [-0.4, -0.2) is 53.5 Å². The minimum Gasteiger partial charge on any atom is -0.431 e. The molecule has 0 aliphatic rings. The fourth-order valence-electron chi connectivity index (χ4n) is 1.67. The number of aromatic nitrogens is 2. The Morgan fingerprint density at radius 1 is 1.33 bits per heavy atom. The number of imidazole rings is 1. The first-order valence-corrected chi connectivity index (χ1v) is 7.39. The van der Waals surface area contributed by atoms with Gasteiger partial charge in [-0.1, -0.05) is 0 Å². The van der Waals surface area contributed by atoms with Gasteiger partial charge >= 0.3 is 12.1 Å². The lowest BCUT2D eigenvalue weighted by Crippen LogP contribution is -2.44. The molecule has 134 valence electrons. The first-order chi connectivity index (χ1) is 11.4. The van der Waals surface area contributed by atoms with E-state index in [-0.39, 0.29) is 31.4 Å². The Kier molecular flexibility index (Phi) is 8.26. The third-order valence-corrected chi connectivity index (χ3v) is 2.68. The fraction of sp³-hybridized carbons (Fsp3) is 0.571. The summed E-state index contributed by atoms with van der Waals surface area (Å²) in [7, 11) is 0. The molecule has 1 aromatic heterocycles. The van der Waals surface area contributed by atoms with Gasteiger partial charge in [-0.3, -0.25) is 4.79 Å². The molecule has 0 aromatic carbocycles. The van der Waals surface area contributed by atoms with Gasteiger partial charge in [0.15, 0.2) is 0 Å². The lowest BCUT2D eigenvalue weighted by Gasteiger charge is -2.17. The lowest BCUT2D eigenvalue weighted by molar-refractivity contribution is -0.157. The van der Waals surface area contributed by atoms with Gasteiger partial charge in [0, 0.05) is 31.3 Å². The van der Waals surface area contributed by atoms with Gasteiger partial charge in [0.05, 0.1) is 12.4 Å². The molecular formula is C14H22N4O6. The van der Waals surface area contributed by atoms with E-state index in [0.29, 0.717) is 5.69 Å². The average Bonchev–Trinajstić information content (AvgIpc) is 2.99. The number of aromatic amines is 1. The van der Waals surface area contributed by atoms with Crippen molar-refractivity contribution in [1.29, 1.82) is 0 Å². The topological polar surface area (TPSA) is 146 Å². The Morgan fingerprint density at radius 3 is 2.67 bits per heavy atom. The van der Waals surface area contributed by atoms with Gasteiger partial charge in [-0.25, -0.2) is 14.6 Å². The maximum absolute atomic E-state index is 12.1. The highest BCUT2D eigenvalue weighted by atomic mass is 16.8. The third kappa shape index (κ3) is 7.58. The number of rotatable bonds is 9. The fourth-order valence-corrected chi connectivity index (χ4v) is 1.67. The van der Waals surface area contributed by atoms with Gasteiger partial charge < -0.3 is 30.2 Å². The van der Waals surface area contributed by atoms with E-state index in [0.717, 1.165) is 0 Å². The van der Waals surface area contributed by atoms with Crippen molar-refractivity contribution >= 4 is 18.0 Å². The van der Waals surface area contributed by atoms with Crippen molar-refractivity contribution in [3.05, 3.63) is 18.2 Å². The number of nitrogens with two attached hydrogens (primary N) is 1. The molecule has 1 atom stereocenters. The minimum absolute atomic E-state index is 0.0734. The number of amides is 1. The molecule has 1 amide bonds. The molecule has 0 aliphatic carbocycles. The zero-order valence-corrected chi connectivity index (χ0v) is 13.6. The number of hydrogen-bond donors (Lipinski definition) is 3. The van der Waals surface area contributed by atoms with Crippen LogP contribution in [0.2, 0.25) is 0 Å². The van der Waals surface area contributed by atoms with Crippen molar-refractivity contribution in [2.75, 3.05) is 13.3 Å². The molecule has 10 heteroatoms. The first-order valence-electron chi connectivity index (χ1n) is 7.39. The SMILES string of the molecule is CC(C)OC(=O)OCOC(=O)C(Cc1cnc[nH]1)NC(=O)CCN. The summed E-state index contributed by atoms with van der Waals surface area (Å²) in [4.78, 5) is 41.6. The van der Waals surface area contributed by atoms with Gasteiger partial charge in [-0.05, 0) is 13.8 Å². The standard InChI is InChI=1S/C14H22N4O6/c1-9(2)24-14(21)23-8-22-13(20)11(18-12(19)3-4-15)5-10-6-16-7-17-10/h6-7,9,11H,3-5,8,15H2,1-2H3,(H,16,17)(H,18,19). The summed E-state index contributed by atoms with van der Waals surface area (Å²) in [5, 5.41) is 2.51. The van der Waals surface area contributed by atoms with Crippen molar-refractivity contribution in [1.82, 2.24) is 15.3 Å².